The highest BCUT2D eigenvalue weighted by molar-refractivity contribution is 7.80. The first-order valence-corrected chi connectivity index (χ1v) is 8.94. The lowest BCUT2D eigenvalue weighted by Gasteiger charge is -2.14. The highest BCUT2D eigenvalue weighted by Crippen LogP contribution is 2.22. The zero-order valence-electron chi connectivity index (χ0n) is 15.0. The van der Waals surface area contributed by atoms with Crippen LogP contribution in [0.1, 0.15) is 44.4 Å². The van der Waals surface area contributed by atoms with Crippen LogP contribution in [0.25, 0.3) is 0 Å². The van der Waals surface area contributed by atoms with Crippen molar-refractivity contribution in [3.8, 4) is 0 Å². The second-order valence-electron chi connectivity index (χ2n) is 6.19. The van der Waals surface area contributed by atoms with Crippen molar-refractivity contribution in [2.45, 2.75) is 13.3 Å². The van der Waals surface area contributed by atoms with Crippen LogP contribution in [0.15, 0.2) is 48.5 Å². The molecule has 2 aromatic carbocycles. The quantitative estimate of drug-likeness (QED) is 0.459. The van der Waals surface area contributed by atoms with Gasteiger partial charge in [-0.15, -0.1) is 0 Å². The van der Waals surface area contributed by atoms with E-state index in [1.54, 1.807) is 48.5 Å². The van der Waals surface area contributed by atoms with Gasteiger partial charge in [0.05, 0.1) is 11.1 Å². The summed E-state index contributed by atoms with van der Waals surface area (Å²) in [5.41, 5.74) is 1.88. The molecule has 0 fully saturated rings. The fourth-order valence-electron chi connectivity index (χ4n) is 2.80. The molecule has 3 amide bonds. The van der Waals surface area contributed by atoms with E-state index in [1.165, 1.54) is 6.92 Å². The minimum absolute atomic E-state index is 0.0336. The molecule has 1 aliphatic rings. The summed E-state index contributed by atoms with van der Waals surface area (Å²) in [5, 5.41) is 5.43. The number of hydrogen-bond donors (Lipinski definition) is 2. The highest BCUT2D eigenvalue weighted by Gasteiger charge is 2.34. The van der Waals surface area contributed by atoms with Crippen molar-refractivity contribution in [3.05, 3.63) is 65.2 Å². The van der Waals surface area contributed by atoms with E-state index in [0.29, 0.717) is 22.4 Å². The van der Waals surface area contributed by atoms with Crippen LogP contribution in [-0.2, 0) is 4.79 Å². The number of nitrogens with one attached hydrogen (secondary N) is 2. The first kappa shape index (κ1) is 19.4. The lowest BCUT2D eigenvalue weighted by atomic mass is 10.1. The van der Waals surface area contributed by atoms with Gasteiger partial charge >= 0.3 is 0 Å². The molecule has 8 heteroatoms. The molecule has 0 atom stereocenters. The van der Waals surface area contributed by atoms with E-state index in [2.05, 4.69) is 10.6 Å². The second kappa shape index (κ2) is 8.10. The number of amides is 3. The van der Waals surface area contributed by atoms with E-state index in [4.69, 9.17) is 12.2 Å². The van der Waals surface area contributed by atoms with Crippen LogP contribution < -0.4 is 10.6 Å². The number of Topliss-reactive ketones (excluding diaryl/α,β-unsaturated/α-hetero) is 1. The van der Waals surface area contributed by atoms with Gasteiger partial charge in [0, 0.05) is 24.2 Å². The fraction of sp³-hybridized carbons (Fsp3) is 0.150. The van der Waals surface area contributed by atoms with Crippen LogP contribution in [-0.4, -0.2) is 40.1 Å². The van der Waals surface area contributed by atoms with Gasteiger partial charge in [0.15, 0.2) is 10.9 Å². The molecule has 7 nitrogen and oxygen atoms in total. The minimum Gasteiger partial charge on any atom is -0.332 e. The summed E-state index contributed by atoms with van der Waals surface area (Å²) in [5.74, 6) is -1.27. The molecule has 0 saturated carbocycles. The molecule has 3 rings (SSSR count). The number of nitrogens with zero attached hydrogens (tertiary/aromatic N) is 1. The van der Waals surface area contributed by atoms with Crippen molar-refractivity contribution in [1.82, 2.24) is 10.2 Å². The number of benzene rings is 2. The zero-order chi connectivity index (χ0) is 20.3. The molecule has 0 unspecified atom stereocenters. The van der Waals surface area contributed by atoms with E-state index < -0.39 is 17.7 Å². The first-order chi connectivity index (χ1) is 13.4. The number of thiocarbonyl (C=S) groups is 1. The fourth-order valence-corrected chi connectivity index (χ4v) is 3.03. The molecule has 0 bridgehead atoms. The van der Waals surface area contributed by atoms with E-state index in [0.717, 1.165) is 4.90 Å². The maximum Gasteiger partial charge on any atom is 0.261 e. The van der Waals surface area contributed by atoms with Crippen molar-refractivity contribution in [1.29, 1.82) is 0 Å². The Balaban J connectivity index is 1.51. The molecule has 0 spiro atoms. The number of ketones is 1. The molecule has 2 N–H and O–H groups in total. The second-order valence-corrected chi connectivity index (χ2v) is 6.60. The third kappa shape index (κ3) is 4.12. The monoisotopic (exact) mass is 395 g/mol. The van der Waals surface area contributed by atoms with Crippen molar-refractivity contribution in [2.75, 3.05) is 11.9 Å². The Hall–Kier alpha value is -3.39. The SMILES string of the molecule is CC(=O)c1ccc(NC(=S)NC(=O)CCN2C(=O)c3ccccc3C2=O)cc1. The molecule has 0 saturated heterocycles. The van der Waals surface area contributed by atoms with Gasteiger partial charge in [-0.3, -0.25) is 24.1 Å². The Bertz CT molecular complexity index is 950. The molecule has 1 heterocycles. The minimum atomic E-state index is -0.422. The third-order valence-corrected chi connectivity index (χ3v) is 4.45. The molecule has 28 heavy (non-hydrogen) atoms. The summed E-state index contributed by atoms with van der Waals surface area (Å²) in [6, 6.07) is 13.2. The van der Waals surface area contributed by atoms with Crippen molar-refractivity contribution < 1.29 is 19.2 Å². The predicted molar refractivity (Wildman–Crippen MR) is 107 cm³/mol. The number of carbonyl (C=O) groups excluding carboxylic acids is 4. The lowest BCUT2D eigenvalue weighted by molar-refractivity contribution is -0.119. The number of anilines is 1. The highest BCUT2D eigenvalue weighted by atomic mass is 32.1. The van der Waals surface area contributed by atoms with Gasteiger partial charge in [0.1, 0.15) is 0 Å². The molecule has 0 aromatic heterocycles. The van der Waals surface area contributed by atoms with Gasteiger partial charge in [-0.25, -0.2) is 0 Å². The van der Waals surface area contributed by atoms with Crippen LogP contribution in [0.5, 0.6) is 0 Å². The van der Waals surface area contributed by atoms with Gasteiger partial charge in [0.2, 0.25) is 5.91 Å². The summed E-state index contributed by atoms with van der Waals surface area (Å²) in [6.45, 7) is 1.44. The number of fused-ring (bicyclic) bond motifs is 1. The summed E-state index contributed by atoms with van der Waals surface area (Å²) in [6.07, 6.45) is -0.0729. The average Bonchev–Trinajstić information content (AvgIpc) is 2.91. The summed E-state index contributed by atoms with van der Waals surface area (Å²) in [4.78, 5) is 49.0. The standard InChI is InChI=1S/C20H17N3O4S/c1-12(24)13-6-8-14(9-7-13)21-20(28)22-17(25)10-11-23-18(26)15-4-2-3-5-16(15)19(23)27/h2-9H,10-11H2,1H3,(H2,21,22,25,28). The number of carbonyl (C=O) groups is 4. The van der Waals surface area contributed by atoms with Crippen LogP contribution >= 0.6 is 12.2 Å². The van der Waals surface area contributed by atoms with Gasteiger partial charge < -0.3 is 10.6 Å². The number of imide groups is 1. The van der Waals surface area contributed by atoms with Crippen molar-refractivity contribution in [3.63, 3.8) is 0 Å². The summed E-state index contributed by atoms with van der Waals surface area (Å²) in [7, 11) is 0. The molecule has 142 valence electrons. The smallest absolute Gasteiger partial charge is 0.261 e. The van der Waals surface area contributed by atoms with E-state index in [-0.39, 0.29) is 23.9 Å². The van der Waals surface area contributed by atoms with Crippen LogP contribution in [0.2, 0.25) is 0 Å². The van der Waals surface area contributed by atoms with E-state index in [1.807, 2.05) is 0 Å². The lowest BCUT2D eigenvalue weighted by Crippen LogP contribution is -2.38. The maximum absolute atomic E-state index is 12.3. The van der Waals surface area contributed by atoms with Crippen LogP contribution in [0, 0.1) is 0 Å². The maximum atomic E-state index is 12.3. The number of hydrogen-bond acceptors (Lipinski definition) is 5. The van der Waals surface area contributed by atoms with Gasteiger partial charge in [0.25, 0.3) is 11.8 Å². The first-order valence-electron chi connectivity index (χ1n) is 8.54. The Kier molecular flexibility index (Phi) is 5.60. The van der Waals surface area contributed by atoms with Crippen LogP contribution in [0.4, 0.5) is 5.69 Å². The predicted octanol–water partition coefficient (Wildman–Crippen LogP) is 2.39. The van der Waals surface area contributed by atoms with Crippen LogP contribution in [0.3, 0.4) is 0 Å². The van der Waals surface area contributed by atoms with Crippen molar-refractivity contribution in [2.24, 2.45) is 0 Å². The Morgan fingerprint density at radius 3 is 2.07 bits per heavy atom. The number of rotatable bonds is 5. The molecule has 0 aliphatic carbocycles. The van der Waals surface area contributed by atoms with Crippen molar-refractivity contribution >= 4 is 46.5 Å². The molecule has 1 aliphatic heterocycles. The Labute approximate surface area is 166 Å². The zero-order valence-corrected chi connectivity index (χ0v) is 15.8. The molecule has 0 radical (unpaired) electrons. The van der Waals surface area contributed by atoms with E-state index in [9.17, 15) is 19.2 Å². The largest absolute Gasteiger partial charge is 0.332 e. The summed E-state index contributed by atoms with van der Waals surface area (Å²) >= 11 is 5.09. The molecular weight excluding hydrogens is 378 g/mol. The van der Waals surface area contributed by atoms with Gasteiger partial charge in [-0.2, -0.15) is 0 Å². The Morgan fingerprint density at radius 2 is 1.54 bits per heavy atom. The van der Waals surface area contributed by atoms with Gasteiger partial charge in [-0.05, 0) is 55.5 Å². The normalized spacial score (nSPS) is 12.5. The van der Waals surface area contributed by atoms with Gasteiger partial charge in [-0.1, -0.05) is 12.1 Å². The molecular formula is C20H17N3O4S. The summed E-state index contributed by atoms with van der Waals surface area (Å²) < 4.78 is 0. The average molecular weight is 395 g/mol. The topological polar surface area (TPSA) is 95.6 Å². The molecule has 2 aromatic rings. The Morgan fingerprint density at radius 1 is 0.964 bits per heavy atom. The third-order valence-electron chi connectivity index (χ3n) is 4.24. The van der Waals surface area contributed by atoms with E-state index >= 15 is 0 Å².